The number of aromatic nitrogens is 1. The zero-order valence-corrected chi connectivity index (χ0v) is 15.4. The summed E-state index contributed by atoms with van der Waals surface area (Å²) in [6.45, 7) is -0.286. The van der Waals surface area contributed by atoms with Gasteiger partial charge in [0.05, 0.1) is 23.5 Å². The van der Waals surface area contributed by atoms with E-state index < -0.39 is 15.9 Å². The standard InChI is InChI=1S/C13H13Cl2N3O3S2/c1-18(23(2,20)21)6-12(19)17-13-16-11(7-22-13)9-5-8(14)3-4-10(9)15/h3-5,7H,6H2,1-2H3,(H,16,17,19). The summed E-state index contributed by atoms with van der Waals surface area (Å²) in [7, 11) is -2.09. The smallest absolute Gasteiger partial charge is 0.241 e. The molecule has 0 aliphatic heterocycles. The Hall–Kier alpha value is -1.19. The molecule has 1 amide bonds. The number of hydrogen-bond donors (Lipinski definition) is 1. The Labute approximate surface area is 148 Å². The van der Waals surface area contributed by atoms with E-state index in [9.17, 15) is 13.2 Å². The number of rotatable bonds is 5. The number of sulfonamides is 1. The lowest BCUT2D eigenvalue weighted by atomic mass is 10.2. The van der Waals surface area contributed by atoms with Crippen LogP contribution in [0.1, 0.15) is 0 Å². The van der Waals surface area contributed by atoms with Crippen molar-refractivity contribution in [3.05, 3.63) is 33.6 Å². The average Bonchev–Trinajstić information content (AvgIpc) is 2.88. The Morgan fingerprint density at radius 1 is 1.39 bits per heavy atom. The molecule has 2 aromatic rings. The van der Waals surface area contributed by atoms with E-state index in [2.05, 4.69) is 10.3 Å². The van der Waals surface area contributed by atoms with Gasteiger partial charge in [-0.05, 0) is 18.2 Å². The van der Waals surface area contributed by atoms with E-state index >= 15 is 0 Å². The normalized spacial score (nSPS) is 11.7. The lowest BCUT2D eigenvalue weighted by Crippen LogP contribution is -2.34. The van der Waals surface area contributed by atoms with Gasteiger partial charge in [0.25, 0.3) is 0 Å². The van der Waals surface area contributed by atoms with Crippen LogP contribution in [-0.4, -0.2) is 43.5 Å². The molecule has 2 rings (SSSR count). The lowest BCUT2D eigenvalue weighted by molar-refractivity contribution is -0.116. The zero-order valence-electron chi connectivity index (χ0n) is 12.2. The number of anilines is 1. The van der Waals surface area contributed by atoms with Gasteiger partial charge in [-0.2, -0.15) is 4.31 Å². The van der Waals surface area contributed by atoms with E-state index in [-0.39, 0.29) is 6.54 Å². The van der Waals surface area contributed by atoms with E-state index in [0.29, 0.717) is 26.4 Å². The fourth-order valence-electron chi connectivity index (χ4n) is 1.63. The minimum Gasteiger partial charge on any atom is -0.301 e. The first-order chi connectivity index (χ1) is 10.7. The highest BCUT2D eigenvalue weighted by Crippen LogP contribution is 2.32. The van der Waals surface area contributed by atoms with Crippen LogP contribution in [0.4, 0.5) is 5.13 Å². The molecular formula is C13H13Cl2N3O3S2. The van der Waals surface area contributed by atoms with Crippen molar-refractivity contribution >= 4 is 55.6 Å². The van der Waals surface area contributed by atoms with Crippen LogP contribution < -0.4 is 5.32 Å². The van der Waals surface area contributed by atoms with Crippen LogP contribution >= 0.6 is 34.5 Å². The van der Waals surface area contributed by atoms with Gasteiger partial charge in [-0.1, -0.05) is 23.2 Å². The maximum atomic E-state index is 11.8. The van der Waals surface area contributed by atoms with Crippen LogP contribution in [0.5, 0.6) is 0 Å². The predicted octanol–water partition coefficient (Wildman–Crippen LogP) is 2.95. The second-order valence-corrected chi connectivity index (χ2v) is 8.52. The first-order valence-electron chi connectivity index (χ1n) is 6.29. The number of nitrogens with zero attached hydrogens (tertiary/aromatic N) is 2. The summed E-state index contributed by atoms with van der Waals surface area (Å²) in [6.07, 6.45) is 1.03. The first-order valence-corrected chi connectivity index (χ1v) is 9.77. The summed E-state index contributed by atoms with van der Waals surface area (Å²) in [5.74, 6) is -0.476. The van der Waals surface area contributed by atoms with Gasteiger partial charge in [0.15, 0.2) is 5.13 Å². The molecule has 0 aliphatic rings. The summed E-state index contributed by atoms with van der Waals surface area (Å²) >= 11 is 13.3. The van der Waals surface area contributed by atoms with Crippen LogP contribution in [0, 0.1) is 0 Å². The summed E-state index contributed by atoms with van der Waals surface area (Å²) in [5.41, 5.74) is 1.23. The minimum atomic E-state index is -3.41. The van der Waals surface area contributed by atoms with Crippen molar-refractivity contribution in [2.45, 2.75) is 0 Å². The van der Waals surface area contributed by atoms with Gasteiger partial charge in [0.2, 0.25) is 15.9 Å². The molecule has 0 saturated carbocycles. The topological polar surface area (TPSA) is 79.4 Å². The van der Waals surface area contributed by atoms with E-state index in [1.807, 2.05) is 0 Å². The molecule has 0 bridgehead atoms. The van der Waals surface area contributed by atoms with Crippen LogP contribution in [0.25, 0.3) is 11.3 Å². The second kappa shape index (κ2) is 7.14. The molecule has 6 nitrogen and oxygen atoms in total. The monoisotopic (exact) mass is 393 g/mol. The number of thiazole rings is 1. The molecule has 23 heavy (non-hydrogen) atoms. The van der Waals surface area contributed by atoms with Crippen LogP contribution in [0.3, 0.4) is 0 Å². The van der Waals surface area contributed by atoms with Crippen molar-refractivity contribution in [1.82, 2.24) is 9.29 Å². The van der Waals surface area contributed by atoms with Crippen molar-refractivity contribution < 1.29 is 13.2 Å². The third-order valence-electron chi connectivity index (χ3n) is 2.89. The number of hydrogen-bond acceptors (Lipinski definition) is 5. The molecule has 1 aromatic heterocycles. The number of likely N-dealkylation sites (N-methyl/N-ethyl adjacent to an activating group) is 1. The summed E-state index contributed by atoms with van der Waals surface area (Å²) in [6, 6.07) is 5.02. The van der Waals surface area contributed by atoms with Gasteiger partial charge in [-0.25, -0.2) is 13.4 Å². The molecule has 0 aliphatic carbocycles. The number of carbonyl (C=O) groups excluding carboxylic acids is 1. The molecule has 0 unspecified atom stereocenters. The maximum Gasteiger partial charge on any atom is 0.241 e. The van der Waals surface area contributed by atoms with Crippen molar-refractivity contribution in [3.63, 3.8) is 0 Å². The third kappa shape index (κ3) is 4.89. The molecule has 1 heterocycles. The second-order valence-electron chi connectivity index (χ2n) is 4.73. The fraction of sp³-hybridized carbons (Fsp3) is 0.231. The van der Waals surface area contributed by atoms with E-state index in [1.165, 1.54) is 18.4 Å². The predicted molar refractivity (Wildman–Crippen MR) is 93.7 cm³/mol. The number of carbonyl (C=O) groups is 1. The van der Waals surface area contributed by atoms with Crippen LogP contribution in [0.2, 0.25) is 10.0 Å². The van der Waals surface area contributed by atoms with Crippen molar-refractivity contribution in [3.8, 4) is 11.3 Å². The Kier molecular flexibility index (Phi) is 5.64. The Morgan fingerprint density at radius 2 is 2.09 bits per heavy atom. The van der Waals surface area contributed by atoms with E-state index in [0.717, 1.165) is 10.6 Å². The molecule has 1 N–H and O–H groups in total. The fourth-order valence-corrected chi connectivity index (χ4v) is 3.09. The lowest BCUT2D eigenvalue weighted by Gasteiger charge is -2.12. The summed E-state index contributed by atoms with van der Waals surface area (Å²) in [5, 5.41) is 5.66. The number of halogens is 2. The average molecular weight is 394 g/mol. The molecule has 1 aromatic carbocycles. The number of benzene rings is 1. The van der Waals surface area contributed by atoms with Gasteiger partial charge in [-0.15, -0.1) is 11.3 Å². The molecule has 0 spiro atoms. The van der Waals surface area contributed by atoms with Crippen LogP contribution in [0.15, 0.2) is 23.6 Å². The molecule has 0 saturated heterocycles. The van der Waals surface area contributed by atoms with Gasteiger partial charge in [0, 0.05) is 23.0 Å². The highest BCUT2D eigenvalue weighted by molar-refractivity contribution is 7.88. The quantitative estimate of drug-likeness (QED) is 0.846. The number of nitrogens with one attached hydrogen (secondary N) is 1. The van der Waals surface area contributed by atoms with Crippen molar-refractivity contribution in [2.24, 2.45) is 0 Å². The molecule has 0 radical (unpaired) electrons. The van der Waals surface area contributed by atoms with Gasteiger partial charge >= 0.3 is 0 Å². The van der Waals surface area contributed by atoms with Gasteiger partial charge < -0.3 is 5.32 Å². The van der Waals surface area contributed by atoms with Crippen molar-refractivity contribution in [2.75, 3.05) is 25.2 Å². The number of amides is 1. The van der Waals surface area contributed by atoms with E-state index in [1.54, 1.807) is 23.6 Å². The molecular weight excluding hydrogens is 381 g/mol. The summed E-state index contributed by atoms with van der Waals surface area (Å²) < 4.78 is 23.5. The summed E-state index contributed by atoms with van der Waals surface area (Å²) in [4.78, 5) is 16.1. The van der Waals surface area contributed by atoms with Crippen molar-refractivity contribution in [1.29, 1.82) is 0 Å². The maximum absolute atomic E-state index is 11.8. The highest BCUT2D eigenvalue weighted by Gasteiger charge is 2.16. The van der Waals surface area contributed by atoms with Crippen LogP contribution in [-0.2, 0) is 14.8 Å². The van der Waals surface area contributed by atoms with Gasteiger partial charge in [0.1, 0.15) is 0 Å². The SMILES string of the molecule is CN(CC(=O)Nc1nc(-c2cc(Cl)ccc2Cl)cs1)S(C)(=O)=O. The minimum absolute atomic E-state index is 0.286. The molecule has 124 valence electrons. The Morgan fingerprint density at radius 3 is 2.74 bits per heavy atom. The molecule has 0 fully saturated rings. The Bertz CT molecular complexity index is 837. The Balaban J connectivity index is 2.11. The third-order valence-corrected chi connectivity index (χ3v) is 5.47. The zero-order chi connectivity index (χ0) is 17.2. The van der Waals surface area contributed by atoms with Gasteiger partial charge in [-0.3, -0.25) is 4.79 Å². The largest absolute Gasteiger partial charge is 0.301 e. The van der Waals surface area contributed by atoms with E-state index in [4.69, 9.17) is 23.2 Å². The highest BCUT2D eigenvalue weighted by atomic mass is 35.5. The molecule has 0 atom stereocenters. The first kappa shape index (κ1) is 18.2. The molecule has 10 heteroatoms.